The number of rotatable bonds is 3. The van der Waals surface area contributed by atoms with Crippen molar-refractivity contribution >= 4 is 23.1 Å². The first-order chi connectivity index (χ1) is 11.0. The van der Waals surface area contributed by atoms with Crippen molar-refractivity contribution in [2.75, 3.05) is 0 Å². The van der Waals surface area contributed by atoms with Gasteiger partial charge in [-0.1, -0.05) is 60.7 Å². The molecule has 0 spiro atoms. The average Bonchev–Trinajstić information content (AvgIpc) is 2.59. The van der Waals surface area contributed by atoms with Gasteiger partial charge in [0, 0.05) is 15.9 Å². The summed E-state index contributed by atoms with van der Waals surface area (Å²) in [7, 11) is -3.27. The molecule has 0 heterocycles. The molecule has 0 bridgehead atoms. The fraction of sp³-hybridized carbons (Fsp3) is 0.0526. The van der Waals surface area contributed by atoms with Crippen LogP contribution in [0.5, 0.6) is 0 Å². The highest BCUT2D eigenvalue weighted by Gasteiger charge is 2.31. The molecule has 0 aliphatic heterocycles. The molecule has 0 fully saturated rings. The van der Waals surface area contributed by atoms with Gasteiger partial charge in [0.15, 0.2) is 18.8 Å². The van der Waals surface area contributed by atoms with E-state index in [0.717, 1.165) is 12.1 Å². The van der Waals surface area contributed by atoms with Gasteiger partial charge in [-0.25, -0.2) is 8.78 Å². The van der Waals surface area contributed by atoms with E-state index < -0.39 is 18.8 Å². The fourth-order valence-electron chi connectivity index (χ4n) is 2.68. The summed E-state index contributed by atoms with van der Waals surface area (Å²) in [5, 5.41) is 1.52. The van der Waals surface area contributed by atoms with Crippen LogP contribution in [-0.2, 0) is 4.57 Å². The maximum absolute atomic E-state index is 14.0. The minimum Gasteiger partial charge on any atom is -0.309 e. The van der Waals surface area contributed by atoms with E-state index in [9.17, 15) is 13.3 Å². The van der Waals surface area contributed by atoms with E-state index in [4.69, 9.17) is 0 Å². The summed E-state index contributed by atoms with van der Waals surface area (Å²) in [6, 6.07) is 20.0. The van der Waals surface area contributed by atoms with Gasteiger partial charge in [0.1, 0.15) is 0 Å². The first-order valence-corrected chi connectivity index (χ1v) is 8.91. The van der Waals surface area contributed by atoms with E-state index in [1.807, 2.05) is 12.1 Å². The van der Waals surface area contributed by atoms with Crippen LogP contribution in [0, 0.1) is 18.6 Å². The third-order valence-corrected chi connectivity index (χ3v) is 7.03. The van der Waals surface area contributed by atoms with Gasteiger partial charge in [-0.05, 0) is 24.6 Å². The second kappa shape index (κ2) is 6.10. The van der Waals surface area contributed by atoms with Gasteiger partial charge >= 0.3 is 0 Å². The molecule has 0 amide bonds. The first kappa shape index (κ1) is 15.6. The first-order valence-electron chi connectivity index (χ1n) is 7.21. The molecule has 23 heavy (non-hydrogen) atoms. The average molecular weight is 328 g/mol. The van der Waals surface area contributed by atoms with Crippen LogP contribution in [0.2, 0.25) is 0 Å². The molecule has 0 N–H and O–H groups in total. The molecular weight excluding hydrogens is 313 g/mol. The molecule has 3 aromatic carbocycles. The molecule has 0 atom stereocenters. The summed E-state index contributed by atoms with van der Waals surface area (Å²) >= 11 is 0. The lowest BCUT2D eigenvalue weighted by molar-refractivity contribution is 0.508. The number of benzene rings is 3. The lowest BCUT2D eigenvalue weighted by Crippen LogP contribution is -2.27. The van der Waals surface area contributed by atoms with E-state index in [-0.39, 0.29) is 0 Å². The van der Waals surface area contributed by atoms with E-state index in [2.05, 4.69) is 0 Å². The zero-order valence-corrected chi connectivity index (χ0v) is 13.4. The predicted octanol–water partition coefficient (Wildman–Crippen LogP) is 3.91. The SMILES string of the molecule is Cc1cc(F)c(F)cc1P(=O)(c1ccccc1)c1ccccc1. The lowest BCUT2D eigenvalue weighted by Gasteiger charge is -2.22. The van der Waals surface area contributed by atoms with Gasteiger partial charge < -0.3 is 4.57 Å². The van der Waals surface area contributed by atoms with Gasteiger partial charge in [-0.15, -0.1) is 0 Å². The lowest BCUT2D eigenvalue weighted by atomic mass is 10.2. The van der Waals surface area contributed by atoms with Crippen molar-refractivity contribution in [2.45, 2.75) is 6.92 Å². The Hall–Kier alpha value is -2.25. The molecule has 3 rings (SSSR count). The van der Waals surface area contributed by atoms with Crippen molar-refractivity contribution in [3.8, 4) is 0 Å². The van der Waals surface area contributed by atoms with Crippen molar-refractivity contribution in [3.05, 3.63) is 90.0 Å². The molecule has 4 heteroatoms. The third-order valence-electron chi connectivity index (χ3n) is 3.82. The Bertz CT molecular complexity index is 833. The van der Waals surface area contributed by atoms with Crippen LogP contribution in [0.15, 0.2) is 72.8 Å². The highest BCUT2D eigenvalue weighted by Crippen LogP contribution is 2.43. The van der Waals surface area contributed by atoms with Crippen LogP contribution < -0.4 is 15.9 Å². The molecule has 3 aromatic rings. The summed E-state index contributed by atoms with van der Waals surface area (Å²) in [5.41, 5.74) is 0.472. The van der Waals surface area contributed by atoms with E-state index in [1.165, 1.54) is 0 Å². The summed E-state index contributed by atoms with van der Waals surface area (Å²) in [6.45, 7) is 1.65. The Labute approximate surface area is 134 Å². The second-order valence-electron chi connectivity index (χ2n) is 5.33. The number of halogens is 2. The highest BCUT2D eigenvalue weighted by molar-refractivity contribution is 7.85. The van der Waals surface area contributed by atoms with E-state index >= 15 is 0 Å². The zero-order chi connectivity index (χ0) is 16.4. The Morgan fingerprint density at radius 2 is 1.17 bits per heavy atom. The third kappa shape index (κ3) is 2.73. The Morgan fingerprint density at radius 1 is 0.739 bits per heavy atom. The standard InChI is InChI=1S/C19H15F2OP/c1-14-12-17(20)18(21)13-19(14)23(22,15-8-4-2-5-9-15)16-10-6-3-7-11-16/h2-13H,1H3. The summed E-state index contributed by atoms with van der Waals surface area (Å²) < 4.78 is 41.3. The van der Waals surface area contributed by atoms with Crippen LogP contribution in [-0.4, -0.2) is 0 Å². The minimum absolute atomic E-state index is 0.328. The molecule has 0 unspecified atom stereocenters. The summed E-state index contributed by atoms with van der Waals surface area (Å²) in [6.07, 6.45) is 0. The van der Waals surface area contributed by atoms with Gasteiger partial charge in [0.2, 0.25) is 0 Å². The molecule has 0 aromatic heterocycles. The smallest absolute Gasteiger partial charge is 0.171 e. The van der Waals surface area contributed by atoms with Crippen LogP contribution >= 0.6 is 7.14 Å². The molecular formula is C19H15F2OP. The van der Waals surface area contributed by atoms with Crippen molar-refractivity contribution in [1.29, 1.82) is 0 Å². The largest absolute Gasteiger partial charge is 0.309 e. The monoisotopic (exact) mass is 328 g/mol. The molecule has 0 saturated carbocycles. The van der Waals surface area contributed by atoms with Crippen LogP contribution in [0.4, 0.5) is 8.78 Å². The molecule has 0 radical (unpaired) electrons. The summed E-state index contributed by atoms with van der Waals surface area (Å²) in [5.74, 6) is -1.92. The maximum atomic E-state index is 14.0. The van der Waals surface area contributed by atoms with Gasteiger partial charge in [0.05, 0.1) is 0 Å². The molecule has 1 nitrogen and oxygen atoms in total. The number of hydrogen-bond acceptors (Lipinski definition) is 1. The van der Waals surface area contributed by atoms with Crippen molar-refractivity contribution in [1.82, 2.24) is 0 Å². The highest BCUT2D eigenvalue weighted by atomic mass is 31.2. The molecule has 0 aliphatic carbocycles. The van der Waals surface area contributed by atoms with Crippen molar-refractivity contribution in [2.24, 2.45) is 0 Å². The second-order valence-corrected chi connectivity index (χ2v) is 8.07. The zero-order valence-electron chi connectivity index (χ0n) is 12.5. The molecule has 0 aliphatic rings. The quantitative estimate of drug-likeness (QED) is 0.666. The predicted molar refractivity (Wildman–Crippen MR) is 90.5 cm³/mol. The summed E-state index contributed by atoms with van der Waals surface area (Å²) in [4.78, 5) is 0. The van der Waals surface area contributed by atoms with E-state index in [0.29, 0.717) is 21.5 Å². The van der Waals surface area contributed by atoms with E-state index in [1.54, 1.807) is 55.5 Å². The number of hydrogen-bond donors (Lipinski definition) is 0. The van der Waals surface area contributed by atoms with Gasteiger partial charge in [0.25, 0.3) is 0 Å². The van der Waals surface area contributed by atoms with Crippen LogP contribution in [0.1, 0.15) is 5.56 Å². The Balaban J connectivity index is 2.35. The van der Waals surface area contributed by atoms with Gasteiger partial charge in [-0.2, -0.15) is 0 Å². The molecule has 116 valence electrons. The van der Waals surface area contributed by atoms with Gasteiger partial charge in [-0.3, -0.25) is 0 Å². The topological polar surface area (TPSA) is 17.1 Å². The number of aryl methyl sites for hydroxylation is 1. The van der Waals surface area contributed by atoms with Crippen LogP contribution in [0.25, 0.3) is 0 Å². The Kier molecular flexibility index (Phi) is 4.14. The van der Waals surface area contributed by atoms with Crippen LogP contribution in [0.3, 0.4) is 0 Å². The minimum atomic E-state index is -3.27. The Morgan fingerprint density at radius 3 is 1.65 bits per heavy atom. The molecule has 0 saturated heterocycles. The normalized spacial score (nSPS) is 11.4. The maximum Gasteiger partial charge on any atom is 0.171 e. The van der Waals surface area contributed by atoms with Crippen molar-refractivity contribution in [3.63, 3.8) is 0 Å². The fourth-order valence-corrected chi connectivity index (χ4v) is 5.57. The van der Waals surface area contributed by atoms with Crippen molar-refractivity contribution < 1.29 is 13.3 Å².